The summed E-state index contributed by atoms with van der Waals surface area (Å²) in [5.74, 6) is 0.325. The number of benzene rings is 1. The van der Waals surface area contributed by atoms with Gasteiger partial charge in [-0.15, -0.1) is 0 Å². The summed E-state index contributed by atoms with van der Waals surface area (Å²) in [5, 5.41) is 11.5. The van der Waals surface area contributed by atoms with Crippen LogP contribution in [0.2, 0.25) is 0 Å². The van der Waals surface area contributed by atoms with Gasteiger partial charge in [-0.05, 0) is 31.5 Å². The first-order valence-corrected chi connectivity index (χ1v) is 4.24. The Morgan fingerprint density at radius 2 is 1.92 bits per heavy atom. The Kier molecular flexibility index (Phi) is 1.69. The molecular formula is C11H11NO. The molecule has 1 N–H and O–H groups in total. The Hall–Kier alpha value is -1.57. The van der Waals surface area contributed by atoms with Gasteiger partial charge in [-0.3, -0.25) is 4.98 Å². The number of hydrogen-bond acceptors (Lipinski definition) is 2. The van der Waals surface area contributed by atoms with E-state index < -0.39 is 0 Å². The maximum absolute atomic E-state index is 9.59. The minimum absolute atomic E-state index is 0.325. The molecule has 0 saturated heterocycles. The fourth-order valence-electron chi connectivity index (χ4n) is 1.65. The summed E-state index contributed by atoms with van der Waals surface area (Å²) in [6, 6.07) is 5.47. The zero-order valence-electron chi connectivity index (χ0n) is 7.70. The molecule has 13 heavy (non-hydrogen) atoms. The summed E-state index contributed by atoms with van der Waals surface area (Å²) in [6.07, 6.45) is 1.72. The molecule has 0 spiro atoms. The second-order valence-electron chi connectivity index (χ2n) is 3.22. The molecule has 2 aromatic rings. The molecule has 0 fully saturated rings. The van der Waals surface area contributed by atoms with Gasteiger partial charge in [0.1, 0.15) is 5.75 Å². The predicted octanol–water partition coefficient (Wildman–Crippen LogP) is 2.56. The monoisotopic (exact) mass is 173 g/mol. The maximum atomic E-state index is 9.59. The molecule has 0 unspecified atom stereocenters. The van der Waals surface area contributed by atoms with E-state index in [4.69, 9.17) is 0 Å². The molecule has 1 aromatic carbocycles. The van der Waals surface area contributed by atoms with Crippen LogP contribution in [-0.2, 0) is 0 Å². The molecule has 0 atom stereocenters. The molecule has 0 aliphatic heterocycles. The van der Waals surface area contributed by atoms with Crippen molar-refractivity contribution in [1.29, 1.82) is 0 Å². The van der Waals surface area contributed by atoms with E-state index in [-0.39, 0.29) is 0 Å². The lowest BCUT2D eigenvalue weighted by Crippen LogP contribution is -1.86. The number of aromatic nitrogens is 1. The van der Waals surface area contributed by atoms with Gasteiger partial charge in [0.25, 0.3) is 0 Å². The quantitative estimate of drug-likeness (QED) is 0.664. The van der Waals surface area contributed by atoms with Gasteiger partial charge in [-0.25, -0.2) is 0 Å². The van der Waals surface area contributed by atoms with E-state index in [1.54, 1.807) is 12.3 Å². The van der Waals surface area contributed by atoms with E-state index in [0.717, 1.165) is 22.0 Å². The van der Waals surface area contributed by atoms with Gasteiger partial charge in [0, 0.05) is 22.7 Å². The molecule has 0 saturated carbocycles. The normalized spacial score (nSPS) is 10.6. The van der Waals surface area contributed by atoms with Crippen LogP contribution < -0.4 is 0 Å². The second kappa shape index (κ2) is 2.73. The lowest BCUT2D eigenvalue weighted by atomic mass is 10.0. The van der Waals surface area contributed by atoms with Gasteiger partial charge in [-0.2, -0.15) is 0 Å². The van der Waals surface area contributed by atoms with Crippen molar-refractivity contribution in [2.24, 2.45) is 0 Å². The van der Waals surface area contributed by atoms with Crippen LogP contribution in [-0.4, -0.2) is 10.1 Å². The standard InChI is InChI=1S/C11H11NO/c1-7-3-4-10(13)9-5-6-12-8(2)11(7)9/h3-6,13H,1-2H3. The van der Waals surface area contributed by atoms with Crippen molar-refractivity contribution < 1.29 is 5.11 Å². The van der Waals surface area contributed by atoms with E-state index in [1.807, 2.05) is 26.0 Å². The fraction of sp³-hybridized carbons (Fsp3) is 0.182. The molecule has 0 aliphatic rings. The van der Waals surface area contributed by atoms with Gasteiger partial charge >= 0.3 is 0 Å². The van der Waals surface area contributed by atoms with Gasteiger partial charge in [-0.1, -0.05) is 6.07 Å². The first kappa shape index (κ1) is 8.05. The zero-order chi connectivity index (χ0) is 9.42. The molecule has 66 valence electrons. The van der Waals surface area contributed by atoms with Crippen molar-refractivity contribution in [3.8, 4) is 5.75 Å². The number of aryl methyl sites for hydroxylation is 2. The molecule has 2 rings (SSSR count). The lowest BCUT2D eigenvalue weighted by molar-refractivity contribution is 0.481. The molecule has 0 aliphatic carbocycles. The fourth-order valence-corrected chi connectivity index (χ4v) is 1.65. The van der Waals surface area contributed by atoms with Crippen molar-refractivity contribution in [3.63, 3.8) is 0 Å². The minimum atomic E-state index is 0.325. The van der Waals surface area contributed by atoms with E-state index in [1.165, 1.54) is 0 Å². The smallest absolute Gasteiger partial charge is 0.123 e. The highest BCUT2D eigenvalue weighted by molar-refractivity contribution is 5.92. The topological polar surface area (TPSA) is 33.1 Å². The third-order valence-electron chi connectivity index (χ3n) is 2.30. The number of pyridine rings is 1. The van der Waals surface area contributed by atoms with Crippen LogP contribution in [0.25, 0.3) is 10.8 Å². The van der Waals surface area contributed by atoms with Crippen molar-refractivity contribution in [3.05, 3.63) is 35.7 Å². The summed E-state index contributed by atoms with van der Waals surface area (Å²) in [4.78, 5) is 4.20. The number of fused-ring (bicyclic) bond motifs is 1. The highest BCUT2D eigenvalue weighted by Gasteiger charge is 2.04. The molecule has 2 nitrogen and oxygen atoms in total. The summed E-state index contributed by atoms with van der Waals surface area (Å²) >= 11 is 0. The number of rotatable bonds is 0. The Labute approximate surface area is 76.9 Å². The summed E-state index contributed by atoms with van der Waals surface area (Å²) in [6.45, 7) is 3.98. The zero-order valence-corrected chi connectivity index (χ0v) is 7.70. The van der Waals surface area contributed by atoms with Crippen LogP contribution in [0, 0.1) is 13.8 Å². The highest BCUT2D eigenvalue weighted by Crippen LogP contribution is 2.28. The molecule has 0 amide bonds. The molecular weight excluding hydrogens is 162 g/mol. The third kappa shape index (κ3) is 1.15. The van der Waals surface area contributed by atoms with Crippen LogP contribution in [0.5, 0.6) is 5.75 Å². The van der Waals surface area contributed by atoms with Crippen LogP contribution in [0.4, 0.5) is 0 Å². The summed E-state index contributed by atoms with van der Waals surface area (Å²) < 4.78 is 0. The molecule has 1 heterocycles. The average Bonchev–Trinajstić information content (AvgIpc) is 2.12. The third-order valence-corrected chi connectivity index (χ3v) is 2.30. The number of nitrogens with zero attached hydrogens (tertiary/aromatic N) is 1. The van der Waals surface area contributed by atoms with Gasteiger partial charge < -0.3 is 5.11 Å². The molecule has 2 heteroatoms. The van der Waals surface area contributed by atoms with Crippen LogP contribution >= 0.6 is 0 Å². The first-order valence-electron chi connectivity index (χ1n) is 4.24. The minimum Gasteiger partial charge on any atom is -0.507 e. The Morgan fingerprint density at radius 1 is 1.15 bits per heavy atom. The predicted molar refractivity (Wildman–Crippen MR) is 52.9 cm³/mol. The number of aromatic hydroxyl groups is 1. The van der Waals surface area contributed by atoms with Gasteiger partial charge in [0.05, 0.1) is 0 Å². The summed E-state index contributed by atoms with van der Waals surface area (Å²) in [5.41, 5.74) is 2.12. The largest absolute Gasteiger partial charge is 0.507 e. The number of hydrogen-bond donors (Lipinski definition) is 1. The Balaban J connectivity index is 3.00. The van der Waals surface area contributed by atoms with Gasteiger partial charge in [0.2, 0.25) is 0 Å². The SMILES string of the molecule is Cc1ccc(O)c2ccnc(C)c12. The van der Waals surface area contributed by atoms with Crippen molar-refractivity contribution in [2.75, 3.05) is 0 Å². The van der Waals surface area contributed by atoms with E-state index in [2.05, 4.69) is 4.98 Å². The lowest BCUT2D eigenvalue weighted by Gasteiger charge is -2.05. The Bertz CT molecular complexity index is 455. The number of phenols is 1. The first-order chi connectivity index (χ1) is 6.20. The van der Waals surface area contributed by atoms with Crippen molar-refractivity contribution in [1.82, 2.24) is 4.98 Å². The van der Waals surface area contributed by atoms with Gasteiger partial charge in [0.15, 0.2) is 0 Å². The van der Waals surface area contributed by atoms with Crippen LogP contribution in [0.15, 0.2) is 24.4 Å². The van der Waals surface area contributed by atoms with E-state index in [0.29, 0.717) is 5.75 Å². The molecule has 1 aromatic heterocycles. The summed E-state index contributed by atoms with van der Waals surface area (Å²) in [7, 11) is 0. The van der Waals surface area contributed by atoms with Crippen LogP contribution in [0.1, 0.15) is 11.3 Å². The average molecular weight is 173 g/mol. The van der Waals surface area contributed by atoms with Crippen LogP contribution in [0.3, 0.4) is 0 Å². The van der Waals surface area contributed by atoms with Crippen molar-refractivity contribution >= 4 is 10.8 Å². The van der Waals surface area contributed by atoms with E-state index >= 15 is 0 Å². The van der Waals surface area contributed by atoms with Crippen molar-refractivity contribution in [2.45, 2.75) is 13.8 Å². The number of phenolic OH excluding ortho intramolecular Hbond substituents is 1. The Morgan fingerprint density at radius 3 is 2.62 bits per heavy atom. The second-order valence-corrected chi connectivity index (χ2v) is 3.22. The highest BCUT2D eigenvalue weighted by atomic mass is 16.3. The molecule has 0 bridgehead atoms. The molecule has 0 radical (unpaired) electrons. The van der Waals surface area contributed by atoms with E-state index in [9.17, 15) is 5.11 Å². The maximum Gasteiger partial charge on any atom is 0.123 e.